The van der Waals surface area contributed by atoms with Gasteiger partial charge in [-0.3, -0.25) is 0 Å². The van der Waals surface area contributed by atoms with E-state index in [2.05, 4.69) is 26.1 Å². The van der Waals surface area contributed by atoms with E-state index in [4.69, 9.17) is 4.74 Å². The van der Waals surface area contributed by atoms with E-state index in [0.717, 1.165) is 25.7 Å². The van der Waals surface area contributed by atoms with Gasteiger partial charge in [-0.2, -0.15) is 0 Å². The van der Waals surface area contributed by atoms with Crippen molar-refractivity contribution in [1.29, 1.82) is 0 Å². The zero-order chi connectivity index (χ0) is 19.4. The van der Waals surface area contributed by atoms with Crippen LogP contribution in [0.25, 0.3) is 0 Å². The van der Waals surface area contributed by atoms with Crippen LogP contribution in [0.5, 0.6) is 0 Å². The molecule has 3 N–H and O–H groups in total. The fourth-order valence-corrected chi connectivity index (χ4v) is 3.18. The molecule has 1 aromatic rings. The highest BCUT2D eigenvalue weighted by molar-refractivity contribution is 5.75. The maximum Gasteiger partial charge on any atom is 0.407 e. The number of aromatic nitrogens is 3. The van der Waals surface area contributed by atoms with Crippen LogP contribution in [-0.2, 0) is 11.8 Å². The molecule has 9 nitrogen and oxygen atoms in total. The lowest BCUT2D eigenvalue weighted by Gasteiger charge is -2.31. The van der Waals surface area contributed by atoms with E-state index in [0.29, 0.717) is 12.4 Å². The monoisotopic (exact) mass is 366 g/mol. The minimum atomic E-state index is -0.552. The maximum absolute atomic E-state index is 12.5. The van der Waals surface area contributed by atoms with Crippen LogP contribution in [-0.4, -0.2) is 44.6 Å². The van der Waals surface area contributed by atoms with E-state index in [1.165, 1.54) is 0 Å². The number of amides is 3. The molecule has 0 radical (unpaired) electrons. The summed E-state index contributed by atoms with van der Waals surface area (Å²) in [4.78, 5) is 24.4. The molecule has 3 amide bonds. The van der Waals surface area contributed by atoms with Crippen molar-refractivity contribution in [2.45, 2.75) is 70.6 Å². The number of urea groups is 1. The Balaban J connectivity index is 1.91. The van der Waals surface area contributed by atoms with Crippen molar-refractivity contribution in [3.8, 4) is 0 Å². The molecule has 1 fully saturated rings. The van der Waals surface area contributed by atoms with Gasteiger partial charge < -0.3 is 25.3 Å². The van der Waals surface area contributed by atoms with Crippen LogP contribution in [0.2, 0.25) is 0 Å². The Kier molecular flexibility index (Phi) is 6.09. The van der Waals surface area contributed by atoms with Gasteiger partial charge in [-0.25, -0.2) is 9.59 Å². The topological polar surface area (TPSA) is 110 Å². The quantitative estimate of drug-likeness (QED) is 0.738. The second-order valence-corrected chi connectivity index (χ2v) is 7.96. The summed E-state index contributed by atoms with van der Waals surface area (Å²) in [5, 5.41) is 16.5. The highest BCUT2D eigenvalue weighted by Crippen LogP contribution is 2.29. The molecule has 1 atom stereocenters. The standard InChI is InChI=1S/C17H30N6O3/c1-12(13-22-19-11-23(13)5)20-14(24)21-17(8-6-7-9-17)10-18-15(25)26-16(2,3)4/h11-12H,6-10H2,1-5H3,(H,18,25)(H2,20,21,24)/t12-/m1/s1. The first-order chi connectivity index (χ1) is 12.1. The Bertz CT molecular complexity index is 631. The van der Waals surface area contributed by atoms with Gasteiger partial charge in [0.25, 0.3) is 0 Å². The first-order valence-corrected chi connectivity index (χ1v) is 9.00. The van der Waals surface area contributed by atoms with Crippen LogP contribution in [0.15, 0.2) is 6.33 Å². The van der Waals surface area contributed by atoms with E-state index in [1.807, 2.05) is 34.7 Å². The van der Waals surface area contributed by atoms with Crippen molar-refractivity contribution in [2.75, 3.05) is 6.54 Å². The molecule has 1 aliphatic carbocycles. The number of aryl methyl sites for hydroxylation is 1. The summed E-state index contributed by atoms with van der Waals surface area (Å²) >= 11 is 0. The highest BCUT2D eigenvalue weighted by atomic mass is 16.6. The van der Waals surface area contributed by atoms with Crippen molar-refractivity contribution in [1.82, 2.24) is 30.7 Å². The predicted molar refractivity (Wildman–Crippen MR) is 96.5 cm³/mol. The molecule has 0 aromatic carbocycles. The second kappa shape index (κ2) is 7.92. The Labute approximate surface area is 154 Å². The summed E-state index contributed by atoms with van der Waals surface area (Å²) < 4.78 is 7.04. The lowest BCUT2D eigenvalue weighted by Crippen LogP contribution is -2.57. The smallest absolute Gasteiger partial charge is 0.407 e. The van der Waals surface area contributed by atoms with Gasteiger partial charge in [0.2, 0.25) is 0 Å². The average Bonchev–Trinajstić information content (AvgIpc) is 3.13. The third-order valence-electron chi connectivity index (χ3n) is 4.39. The number of hydrogen-bond donors (Lipinski definition) is 3. The molecule has 2 rings (SSSR count). The minimum absolute atomic E-state index is 0.278. The molecule has 0 bridgehead atoms. The predicted octanol–water partition coefficient (Wildman–Crippen LogP) is 2.01. The largest absolute Gasteiger partial charge is 0.444 e. The fourth-order valence-electron chi connectivity index (χ4n) is 3.18. The van der Waals surface area contributed by atoms with Crippen LogP contribution < -0.4 is 16.0 Å². The molecule has 9 heteroatoms. The zero-order valence-corrected chi connectivity index (χ0v) is 16.3. The van der Waals surface area contributed by atoms with E-state index in [1.54, 1.807) is 10.9 Å². The van der Waals surface area contributed by atoms with Gasteiger partial charge in [0.15, 0.2) is 5.82 Å². The van der Waals surface area contributed by atoms with E-state index < -0.39 is 17.2 Å². The number of ether oxygens (including phenoxy) is 1. The van der Waals surface area contributed by atoms with Crippen LogP contribution in [0.3, 0.4) is 0 Å². The molecular weight excluding hydrogens is 336 g/mol. The first-order valence-electron chi connectivity index (χ1n) is 9.00. The minimum Gasteiger partial charge on any atom is -0.444 e. The normalized spacial score (nSPS) is 17.4. The molecule has 1 aliphatic rings. The van der Waals surface area contributed by atoms with Crippen LogP contribution in [0.1, 0.15) is 65.2 Å². The Morgan fingerprint density at radius 1 is 1.35 bits per heavy atom. The van der Waals surface area contributed by atoms with Crippen LogP contribution >= 0.6 is 0 Å². The summed E-state index contributed by atoms with van der Waals surface area (Å²) in [5.74, 6) is 0.674. The molecule has 146 valence electrons. The molecular formula is C17H30N6O3. The van der Waals surface area contributed by atoms with Crippen LogP contribution in [0, 0.1) is 0 Å². The Morgan fingerprint density at radius 2 is 2.00 bits per heavy atom. The van der Waals surface area contributed by atoms with E-state index in [-0.39, 0.29) is 12.1 Å². The summed E-state index contributed by atoms with van der Waals surface area (Å²) in [6.07, 6.45) is 4.76. The van der Waals surface area contributed by atoms with Crippen molar-refractivity contribution < 1.29 is 14.3 Å². The maximum atomic E-state index is 12.5. The van der Waals surface area contributed by atoms with Gasteiger partial charge in [0.05, 0.1) is 11.6 Å². The number of alkyl carbamates (subject to hydrolysis) is 1. The molecule has 1 heterocycles. The molecule has 0 aliphatic heterocycles. The number of nitrogens with zero attached hydrogens (tertiary/aromatic N) is 3. The van der Waals surface area contributed by atoms with Crippen LogP contribution in [0.4, 0.5) is 9.59 Å². The Morgan fingerprint density at radius 3 is 2.54 bits per heavy atom. The van der Waals surface area contributed by atoms with Crippen molar-refractivity contribution in [3.05, 3.63) is 12.2 Å². The van der Waals surface area contributed by atoms with E-state index >= 15 is 0 Å². The van der Waals surface area contributed by atoms with Gasteiger partial charge in [-0.1, -0.05) is 12.8 Å². The molecule has 26 heavy (non-hydrogen) atoms. The number of carbonyl (C=O) groups excluding carboxylic acids is 2. The van der Waals surface area contributed by atoms with Gasteiger partial charge >= 0.3 is 12.1 Å². The number of nitrogens with one attached hydrogen (secondary N) is 3. The molecule has 0 spiro atoms. The Hall–Kier alpha value is -2.32. The fraction of sp³-hybridized carbons (Fsp3) is 0.765. The van der Waals surface area contributed by atoms with Crippen molar-refractivity contribution >= 4 is 12.1 Å². The number of hydrogen-bond acceptors (Lipinski definition) is 5. The SMILES string of the molecule is C[C@@H](NC(=O)NC1(CNC(=O)OC(C)(C)C)CCCC1)c1nncn1C. The first kappa shape index (κ1) is 20.0. The molecule has 0 unspecified atom stereocenters. The van der Waals surface area contributed by atoms with Crippen molar-refractivity contribution in [3.63, 3.8) is 0 Å². The van der Waals surface area contributed by atoms with Gasteiger partial charge in [0.1, 0.15) is 11.9 Å². The summed E-state index contributed by atoms with van der Waals surface area (Å²) in [7, 11) is 1.83. The lowest BCUT2D eigenvalue weighted by atomic mass is 9.98. The molecule has 1 saturated carbocycles. The third-order valence-corrected chi connectivity index (χ3v) is 4.39. The lowest BCUT2D eigenvalue weighted by molar-refractivity contribution is 0.0510. The summed E-state index contributed by atoms with van der Waals surface area (Å²) in [6.45, 7) is 7.64. The van der Waals surface area contributed by atoms with Crippen molar-refractivity contribution in [2.24, 2.45) is 7.05 Å². The summed E-state index contributed by atoms with van der Waals surface area (Å²) in [5.41, 5.74) is -1.01. The van der Waals surface area contributed by atoms with Gasteiger partial charge in [-0.15, -0.1) is 10.2 Å². The van der Waals surface area contributed by atoms with E-state index in [9.17, 15) is 9.59 Å². The average molecular weight is 366 g/mol. The summed E-state index contributed by atoms with van der Waals surface area (Å²) in [6, 6.07) is -0.562. The second-order valence-electron chi connectivity index (χ2n) is 7.96. The highest BCUT2D eigenvalue weighted by Gasteiger charge is 2.36. The third kappa shape index (κ3) is 5.60. The molecule has 1 aromatic heterocycles. The number of carbonyl (C=O) groups is 2. The van der Waals surface area contributed by atoms with Gasteiger partial charge in [-0.05, 0) is 40.5 Å². The molecule has 0 saturated heterocycles. The van der Waals surface area contributed by atoms with Gasteiger partial charge in [0, 0.05) is 13.6 Å². The number of rotatable bonds is 5. The zero-order valence-electron chi connectivity index (χ0n) is 16.3.